The van der Waals surface area contributed by atoms with E-state index in [0.717, 1.165) is 5.57 Å². The maximum absolute atomic E-state index is 13.0. The fourth-order valence-corrected chi connectivity index (χ4v) is 1.21. The third kappa shape index (κ3) is 2.91. The third-order valence-corrected chi connectivity index (χ3v) is 1.85. The SMILES string of the molecule is COc1ccc(F)cc1C(=O)C=C(C)C. The molecule has 1 aromatic rings. The van der Waals surface area contributed by atoms with Gasteiger partial charge in [0.2, 0.25) is 0 Å². The maximum Gasteiger partial charge on any atom is 0.189 e. The molecule has 2 nitrogen and oxygen atoms in total. The predicted molar refractivity (Wildman–Crippen MR) is 56.7 cm³/mol. The van der Waals surface area contributed by atoms with Crippen LogP contribution in [0.5, 0.6) is 5.75 Å². The van der Waals surface area contributed by atoms with Gasteiger partial charge in [-0.15, -0.1) is 0 Å². The van der Waals surface area contributed by atoms with E-state index in [-0.39, 0.29) is 11.3 Å². The summed E-state index contributed by atoms with van der Waals surface area (Å²) in [5, 5.41) is 0. The average Bonchev–Trinajstić information content (AvgIpc) is 2.16. The van der Waals surface area contributed by atoms with Crippen LogP contribution in [0.4, 0.5) is 4.39 Å². The Labute approximate surface area is 88.4 Å². The van der Waals surface area contributed by atoms with Crippen LogP contribution in [0, 0.1) is 5.82 Å². The molecule has 0 radical (unpaired) electrons. The fourth-order valence-electron chi connectivity index (χ4n) is 1.21. The van der Waals surface area contributed by atoms with Crippen LogP contribution in [0.3, 0.4) is 0 Å². The summed E-state index contributed by atoms with van der Waals surface area (Å²) in [5.74, 6) is -0.299. The van der Waals surface area contributed by atoms with E-state index in [0.29, 0.717) is 5.75 Å². The van der Waals surface area contributed by atoms with E-state index in [1.807, 2.05) is 13.8 Å². The Morgan fingerprint density at radius 3 is 2.60 bits per heavy atom. The number of ketones is 1. The van der Waals surface area contributed by atoms with E-state index in [2.05, 4.69) is 0 Å². The molecule has 1 aromatic carbocycles. The summed E-state index contributed by atoms with van der Waals surface area (Å²) < 4.78 is 17.9. The van der Waals surface area contributed by atoms with E-state index in [4.69, 9.17) is 4.74 Å². The topological polar surface area (TPSA) is 26.3 Å². The molecule has 0 aromatic heterocycles. The molecule has 0 bridgehead atoms. The molecule has 3 heteroatoms. The van der Waals surface area contributed by atoms with Crippen LogP contribution in [0.2, 0.25) is 0 Å². The van der Waals surface area contributed by atoms with Gasteiger partial charge in [0.05, 0.1) is 12.7 Å². The Morgan fingerprint density at radius 1 is 1.40 bits per heavy atom. The van der Waals surface area contributed by atoms with Crippen molar-refractivity contribution in [3.05, 3.63) is 41.2 Å². The molecule has 0 aliphatic carbocycles. The second-order valence-electron chi connectivity index (χ2n) is 3.43. The number of hydrogen-bond donors (Lipinski definition) is 0. The van der Waals surface area contributed by atoms with Crippen molar-refractivity contribution in [3.63, 3.8) is 0 Å². The first kappa shape index (κ1) is 11.4. The molecule has 0 saturated carbocycles. The average molecular weight is 208 g/mol. The standard InChI is InChI=1S/C12H13FO2/c1-8(2)6-11(14)10-7-9(13)4-5-12(10)15-3/h4-7H,1-3H3. The number of hydrogen-bond acceptors (Lipinski definition) is 2. The number of allylic oxidation sites excluding steroid dienone is 2. The summed E-state index contributed by atoms with van der Waals surface area (Å²) in [5.41, 5.74) is 1.12. The van der Waals surface area contributed by atoms with Crippen molar-refractivity contribution >= 4 is 5.78 Å². The van der Waals surface area contributed by atoms with Crippen LogP contribution in [-0.2, 0) is 0 Å². The highest BCUT2D eigenvalue weighted by Gasteiger charge is 2.10. The van der Waals surface area contributed by atoms with Crippen molar-refractivity contribution in [1.82, 2.24) is 0 Å². The Kier molecular flexibility index (Phi) is 3.61. The molecule has 0 atom stereocenters. The van der Waals surface area contributed by atoms with Gasteiger partial charge in [0.15, 0.2) is 5.78 Å². The summed E-state index contributed by atoms with van der Waals surface area (Å²) in [4.78, 5) is 11.7. The highest BCUT2D eigenvalue weighted by molar-refractivity contribution is 6.06. The number of benzene rings is 1. The minimum Gasteiger partial charge on any atom is -0.496 e. The van der Waals surface area contributed by atoms with Gasteiger partial charge in [-0.2, -0.15) is 0 Å². The molecule has 0 saturated heterocycles. The molecular formula is C12H13FO2. The zero-order chi connectivity index (χ0) is 11.4. The van der Waals surface area contributed by atoms with Crippen LogP contribution in [0.25, 0.3) is 0 Å². The summed E-state index contributed by atoms with van der Waals surface area (Å²) in [6.07, 6.45) is 1.46. The third-order valence-electron chi connectivity index (χ3n) is 1.85. The molecule has 1 rings (SSSR count). The van der Waals surface area contributed by atoms with E-state index >= 15 is 0 Å². The lowest BCUT2D eigenvalue weighted by Crippen LogP contribution is -2.00. The van der Waals surface area contributed by atoms with Crippen LogP contribution in [0.1, 0.15) is 24.2 Å². The molecule has 0 fully saturated rings. The van der Waals surface area contributed by atoms with Crippen molar-refractivity contribution < 1.29 is 13.9 Å². The Hall–Kier alpha value is -1.64. The van der Waals surface area contributed by atoms with Crippen molar-refractivity contribution in [2.45, 2.75) is 13.8 Å². The van der Waals surface area contributed by atoms with Crippen molar-refractivity contribution in [3.8, 4) is 5.75 Å². The molecule has 0 heterocycles. The lowest BCUT2D eigenvalue weighted by Gasteiger charge is -2.05. The zero-order valence-corrected chi connectivity index (χ0v) is 9.00. The Bertz CT molecular complexity index is 404. The van der Waals surface area contributed by atoms with E-state index in [1.54, 1.807) is 0 Å². The summed E-state index contributed by atoms with van der Waals surface area (Å²) in [6.45, 7) is 3.62. The van der Waals surface area contributed by atoms with Gasteiger partial charge >= 0.3 is 0 Å². The van der Waals surface area contributed by atoms with E-state index < -0.39 is 5.82 Å². The van der Waals surface area contributed by atoms with E-state index in [9.17, 15) is 9.18 Å². The van der Waals surface area contributed by atoms with Gasteiger partial charge in [0.25, 0.3) is 0 Å². The second kappa shape index (κ2) is 4.73. The van der Waals surface area contributed by atoms with Gasteiger partial charge in [0.1, 0.15) is 11.6 Å². The van der Waals surface area contributed by atoms with Crippen LogP contribution in [0.15, 0.2) is 29.8 Å². The first-order valence-electron chi connectivity index (χ1n) is 4.57. The van der Waals surface area contributed by atoms with E-state index in [1.165, 1.54) is 31.4 Å². The van der Waals surface area contributed by atoms with Crippen molar-refractivity contribution in [2.75, 3.05) is 7.11 Å². The summed E-state index contributed by atoms with van der Waals surface area (Å²) in [7, 11) is 1.45. The van der Waals surface area contributed by atoms with Gasteiger partial charge in [-0.05, 0) is 38.1 Å². The first-order chi connectivity index (χ1) is 7.04. The van der Waals surface area contributed by atoms with Crippen LogP contribution < -0.4 is 4.74 Å². The van der Waals surface area contributed by atoms with Gasteiger partial charge in [-0.25, -0.2) is 4.39 Å². The van der Waals surface area contributed by atoms with Gasteiger partial charge in [-0.3, -0.25) is 4.79 Å². The van der Waals surface area contributed by atoms with Gasteiger partial charge in [-0.1, -0.05) is 5.57 Å². The minimum absolute atomic E-state index is 0.244. The summed E-state index contributed by atoms with van der Waals surface area (Å²) >= 11 is 0. The smallest absolute Gasteiger partial charge is 0.189 e. The number of ether oxygens (including phenoxy) is 1. The normalized spacial score (nSPS) is 9.60. The number of methoxy groups -OCH3 is 1. The molecular weight excluding hydrogens is 195 g/mol. The fraction of sp³-hybridized carbons (Fsp3) is 0.250. The predicted octanol–water partition coefficient (Wildman–Crippen LogP) is 2.98. The zero-order valence-electron chi connectivity index (χ0n) is 9.00. The molecule has 0 amide bonds. The number of rotatable bonds is 3. The van der Waals surface area contributed by atoms with Gasteiger partial charge < -0.3 is 4.74 Å². The highest BCUT2D eigenvalue weighted by Crippen LogP contribution is 2.20. The Balaban J connectivity index is 3.17. The van der Waals surface area contributed by atoms with Crippen molar-refractivity contribution in [2.24, 2.45) is 0 Å². The molecule has 0 aliphatic heterocycles. The number of carbonyl (C=O) groups is 1. The molecule has 0 unspecified atom stereocenters. The highest BCUT2D eigenvalue weighted by atomic mass is 19.1. The number of carbonyl (C=O) groups excluding carboxylic acids is 1. The lowest BCUT2D eigenvalue weighted by molar-refractivity contribution is 0.104. The molecule has 0 N–H and O–H groups in total. The Morgan fingerprint density at radius 2 is 2.07 bits per heavy atom. The summed E-state index contributed by atoms with van der Waals surface area (Å²) in [6, 6.07) is 3.89. The molecule has 0 aliphatic rings. The minimum atomic E-state index is -0.443. The molecule has 15 heavy (non-hydrogen) atoms. The van der Waals surface area contributed by atoms with Gasteiger partial charge in [0, 0.05) is 0 Å². The first-order valence-corrected chi connectivity index (χ1v) is 4.57. The quantitative estimate of drug-likeness (QED) is 0.563. The van der Waals surface area contributed by atoms with Crippen LogP contribution in [-0.4, -0.2) is 12.9 Å². The lowest BCUT2D eigenvalue weighted by atomic mass is 10.1. The second-order valence-corrected chi connectivity index (χ2v) is 3.43. The number of halogens is 1. The van der Waals surface area contributed by atoms with Crippen molar-refractivity contribution in [1.29, 1.82) is 0 Å². The monoisotopic (exact) mass is 208 g/mol. The largest absolute Gasteiger partial charge is 0.496 e. The molecule has 0 spiro atoms. The van der Waals surface area contributed by atoms with Crippen LogP contribution >= 0.6 is 0 Å². The maximum atomic E-state index is 13.0. The molecule has 80 valence electrons.